The van der Waals surface area contributed by atoms with E-state index in [2.05, 4.69) is 34.7 Å². The van der Waals surface area contributed by atoms with Gasteiger partial charge in [-0.1, -0.05) is 24.3 Å². The minimum absolute atomic E-state index is 0.195. The maximum absolute atomic E-state index is 11.7. The third kappa shape index (κ3) is 3.55. The summed E-state index contributed by atoms with van der Waals surface area (Å²) in [7, 11) is 0. The van der Waals surface area contributed by atoms with Crippen molar-refractivity contribution in [2.45, 2.75) is 32.2 Å². The van der Waals surface area contributed by atoms with E-state index in [1.54, 1.807) is 6.07 Å². The molecule has 1 amide bonds. The maximum atomic E-state index is 11.7. The Kier molecular flexibility index (Phi) is 4.86. The highest BCUT2D eigenvalue weighted by Crippen LogP contribution is 2.31. The zero-order chi connectivity index (χ0) is 18.8. The molecule has 1 aromatic heterocycles. The van der Waals surface area contributed by atoms with E-state index < -0.39 is 5.91 Å². The number of aryl methyl sites for hydroxylation is 2. The quantitative estimate of drug-likeness (QED) is 0.589. The lowest BCUT2D eigenvalue weighted by Crippen LogP contribution is -2.40. The predicted octanol–water partition coefficient (Wildman–Crippen LogP) is 3.10. The van der Waals surface area contributed by atoms with E-state index in [0.29, 0.717) is 12.2 Å². The number of aromatic nitrogens is 1. The summed E-state index contributed by atoms with van der Waals surface area (Å²) in [6, 6.07) is 12.3. The standard InChI is InChI=1S/C22H25N3O2/c1-14-8-9-18(22(23)26)19-11-16(13-27-21(14)19)24-10-4-5-15-12-25-20-7-3-2-6-17(15)20/h2-3,6-9,12,16,24-25H,4-5,10-11,13H2,1H3,(H2,23,26). The molecule has 0 saturated carbocycles. The number of para-hydroxylation sites is 1. The summed E-state index contributed by atoms with van der Waals surface area (Å²) in [5.41, 5.74) is 10.6. The molecular formula is C22H25N3O2. The number of H-pyrrole nitrogens is 1. The van der Waals surface area contributed by atoms with Crippen LogP contribution >= 0.6 is 0 Å². The van der Waals surface area contributed by atoms with Gasteiger partial charge in [0.05, 0.1) is 0 Å². The fourth-order valence-electron chi connectivity index (χ4n) is 3.92. The SMILES string of the molecule is Cc1ccc(C(N)=O)c2c1OCC(NCCCc1c[nH]c3ccccc13)C2. The van der Waals surface area contributed by atoms with Crippen LogP contribution in [-0.2, 0) is 12.8 Å². The molecule has 5 heteroatoms. The van der Waals surface area contributed by atoms with Crippen LogP contribution in [0.2, 0.25) is 0 Å². The molecule has 140 valence electrons. The van der Waals surface area contributed by atoms with Gasteiger partial charge in [0, 0.05) is 34.3 Å². The summed E-state index contributed by atoms with van der Waals surface area (Å²) < 4.78 is 5.94. The normalized spacial score (nSPS) is 16.1. The first kappa shape index (κ1) is 17.6. The van der Waals surface area contributed by atoms with E-state index in [9.17, 15) is 4.79 Å². The van der Waals surface area contributed by atoms with Crippen molar-refractivity contribution in [3.8, 4) is 5.75 Å². The van der Waals surface area contributed by atoms with Crippen LogP contribution in [0.5, 0.6) is 5.75 Å². The lowest BCUT2D eigenvalue weighted by atomic mass is 9.94. The number of hydrogen-bond acceptors (Lipinski definition) is 3. The van der Waals surface area contributed by atoms with Crippen molar-refractivity contribution in [2.24, 2.45) is 5.73 Å². The Bertz CT molecular complexity index is 977. The number of primary amides is 1. The van der Waals surface area contributed by atoms with Crippen LogP contribution in [0.3, 0.4) is 0 Å². The zero-order valence-corrected chi connectivity index (χ0v) is 15.5. The van der Waals surface area contributed by atoms with Crippen molar-refractivity contribution >= 4 is 16.8 Å². The highest BCUT2D eigenvalue weighted by atomic mass is 16.5. The number of carbonyl (C=O) groups is 1. The van der Waals surface area contributed by atoms with E-state index in [1.165, 1.54) is 16.5 Å². The number of benzene rings is 2. The molecular weight excluding hydrogens is 338 g/mol. The molecule has 1 atom stereocenters. The van der Waals surface area contributed by atoms with Crippen molar-refractivity contribution in [1.82, 2.24) is 10.3 Å². The van der Waals surface area contributed by atoms with Gasteiger partial charge in [-0.05, 0) is 56.0 Å². The van der Waals surface area contributed by atoms with Crippen LogP contribution in [0, 0.1) is 6.92 Å². The molecule has 4 N–H and O–H groups in total. The second-order valence-electron chi connectivity index (χ2n) is 7.23. The number of aromatic amines is 1. The van der Waals surface area contributed by atoms with Gasteiger partial charge < -0.3 is 20.8 Å². The van der Waals surface area contributed by atoms with E-state index in [0.717, 1.165) is 42.7 Å². The summed E-state index contributed by atoms with van der Waals surface area (Å²) in [5.74, 6) is 0.429. The fourth-order valence-corrected chi connectivity index (χ4v) is 3.92. The highest BCUT2D eigenvalue weighted by Gasteiger charge is 2.25. The second kappa shape index (κ2) is 7.45. The number of ether oxygens (including phenoxy) is 1. The number of amides is 1. The van der Waals surface area contributed by atoms with Crippen molar-refractivity contribution in [3.63, 3.8) is 0 Å². The summed E-state index contributed by atoms with van der Waals surface area (Å²) >= 11 is 0. The van der Waals surface area contributed by atoms with E-state index >= 15 is 0 Å². The Balaban J connectivity index is 1.35. The first-order chi connectivity index (χ1) is 13.1. The van der Waals surface area contributed by atoms with E-state index in [1.807, 2.05) is 19.1 Å². The Morgan fingerprint density at radius 2 is 2.15 bits per heavy atom. The number of nitrogens with one attached hydrogen (secondary N) is 2. The van der Waals surface area contributed by atoms with Gasteiger partial charge in [0.25, 0.3) is 0 Å². The first-order valence-electron chi connectivity index (χ1n) is 9.47. The van der Waals surface area contributed by atoms with Gasteiger partial charge in [-0.15, -0.1) is 0 Å². The highest BCUT2D eigenvalue weighted by molar-refractivity contribution is 5.95. The third-order valence-electron chi connectivity index (χ3n) is 5.33. The van der Waals surface area contributed by atoms with Gasteiger partial charge >= 0.3 is 0 Å². The molecule has 1 aliphatic rings. The minimum Gasteiger partial charge on any atom is -0.491 e. The molecule has 0 fully saturated rings. The Morgan fingerprint density at radius 3 is 3.00 bits per heavy atom. The molecule has 4 rings (SSSR count). The third-order valence-corrected chi connectivity index (χ3v) is 5.33. The molecule has 5 nitrogen and oxygen atoms in total. The Hall–Kier alpha value is -2.79. The van der Waals surface area contributed by atoms with Gasteiger partial charge in [0.2, 0.25) is 5.91 Å². The molecule has 0 bridgehead atoms. The summed E-state index contributed by atoms with van der Waals surface area (Å²) in [4.78, 5) is 15.1. The summed E-state index contributed by atoms with van der Waals surface area (Å²) in [5, 5.41) is 4.87. The molecule has 27 heavy (non-hydrogen) atoms. The van der Waals surface area contributed by atoms with Crippen LogP contribution in [0.1, 0.15) is 33.5 Å². The molecule has 0 saturated heterocycles. The lowest BCUT2D eigenvalue weighted by Gasteiger charge is -2.28. The molecule has 1 unspecified atom stereocenters. The Morgan fingerprint density at radius 1 is 1.30 bits per heavy atom. The second-order valence-corrected chi connectivity index (χ2v) is 7.23. The average molecular weight is 363 g/mol. The van der Waals surface area contributed by atoms with Gasteiger partial charge in [-0.25, -0.2) is 0 Å². The first-order valence-corrected chi connectivity index (χ1v) is 9.47. The lowest BCUT2D eigenvalue weighted by molar-refractivity contribution is 0.0997. The van der Waals surface area contributed by atoms with Crippen molar-refractivity contribution in [1.29, 1.82) is 0 Å². The smallest absolute Gasteiger partial charge is 0.249 e. The molecule has 3 aromatic rings. The predicted molar refractivity (Wildman–Crippen MR) is 107 cm³/mol. The topological polar surface area (TPSA) is 80.1 Å². The largest absolute Gasteiger partial charge is 0.491 e. The van der Waals surface area contributed by atoms with Crippen molar-refractivity contribution in [2.75, 3.05) is 13.2 Å². The van der Waals surface area contributed by atoms with Crippen LogP contribution in [0.15, 0.2) is 42.6 Å². The summed E-state index contributed by atoms with van der Waals surface area (Å²) in [6.45, 7) is 3.52. The Labute approximate surface area is 158 Å². The van der Waals surface area contributed by atoms with Crippen LogP contribution in [0.25, 0.3) is 10.9 Å². The van der Waals surface area contributed by atoms with Crippen molar-refractivity contribution in [3.05, 3.63) is 64.8 Å². The maximum Gasteiger partial charge on any atom is 0.249 e. The zero-order valence-electron chi connectivity index (χ0n) is 15.5. The average Bonchev–Trinajstić information content (AvgIpc) is 3.08. The van der Waals surface area contributed by atoms with Gasteiger partial charge in [-0.2, -0.15) is 0 Å². The minimum atomic E-state index is -0.394. The fraction of sp³-hybridized carbons (Fsp3) is 0.318. The van der Waals surface area contributed by atoms with Crippen LogP contribution < -0.4 is 15.8 Å². The monoisotopic (exact) mass is 363 g/mol. The molecule has 2 heterocycles. The molecule has 1 aliphatic heterocycles. The van der Waals surface area contributed by atoms with E-state index in [4.69, 9.17) is 10.5 Å². The molecule has 0 radical (unpaired) electrons. The molecule has 0 aliphatic carbocycles. The van der Waals surface area contributed by atoms with Gasteiger partial charge in [0.1, 0.15) is 12.4 Å². The van der Waals surface area contributed by atoms with Crippen LogP contribution in [-0.4, -0.2) is 30.1 Å². The number of nitrogens with two attached hydrogens (primary N) is 1. The number of carbonyl (C=O) groups excluding carboxylic acids is 1. The van der Waals surface area contributed by atoms with Crippen LogP contribution in [0.4, 0.5) is 0 Å². The van der Waals surface area contributed by atoms with Crippen molar-refractivity contribution < 1.29 is 9.53 Å². The number of rotatable bonds is 6. The van der Waals surface area contributed by atoms with Gasteiger partial charge in [0.15, 0.2) is 0 Å². The molecule has 2 aromatic carbocycles. The van der Waals surface area contributed by atoms with Gasteiger partial charge in [-0.3, -0.25) is 4.79 Å². The molecule has 0 spiro atoms. The number of hydrogen-bond donors (Lipinski definition) is 3. The summed E-state index contributed by atoms with van der Waals surface area (Å²) in [6.07, 6.45) is 4.93. The van der Waals surface area contributed by atoms with E-state index in [-0.39, 0.29) is 6.04 Å². The number of fused-ring (bicyclic) bond motifs is 2.